The van der Waals surface area contributed by atoms with Gasteiger partial charge in [-0.2, -0.15) is 0 Å². The third-order valence-electron chi connectivity index (χ3n) is 3.92. The molecule has 1 saturated carbocycles. The van der Waals surface area contributed by atoms with E-state index in [4.69, 9.17) is 10.5 Å². The van der Waals surface area contributed by atoms with Gasteiger partial charge in [-0.3, -0.25) is 0 Å². The Bertz CT molecular complexity index is 506. The molecule has 0 spiro atoms. The minimum absolute atomic E-state index is 0.0450. The summed E-state index contributed by atoms with van der Waals surface area (Å²) in [6, 6.07) is 3.04. The molecular weight excluding hydrogens is 246 g/mol. The summed E-state index contributed by atoms with van der Waals surface area (Å²) >= 11 is 0. The van der Waals surface area contributed by atoms with Gasteiger partial charge in [-0.1, -0.05) is 0 Å². The minimum Gasteiger partial charge on any atom is -0.507 e. The van der Waals surface area contributed by atoms with Crippen molar-refractivity contribution >= 4 is 5.97 Å². The van der Waals surface area contributed by atoms with Crippen molar-refractivity contribution in [3.05, 3.63) is 23.3 Å². The Balaban J connectivity index is 2.56. The summed E-state index contributed by atoms with van der Waals surface area (Å²) in [5.74, 6) is -0.158. The Labute approximate surface area is 112 Å². The van der Waals surface area contributed by atoms with Crippen molar-refractivity contribution in [2.45, 2.75) is 31.2 Å². The highest BCUT2D eigenvalue weighted by Crippen LogP contribution is 2.54. The van der Waals surface area contributed by atoms with Crippen molar-refractivity contribution in [1.29, 1.82) is 0 Å². The molecule has 1 aliphatic carbocycles. The number of rotatable bonds is 4. The van der Waals surface area contributed by atoms with Crippen LogP contribution in [0.3, 0.4) is 0 Å². The van der Waals surface area contributed by atoms with Gasteiger partial charge in [0.15, 0.2) is 0 Å². The standard InChI is InChI=1S/C14H19NO4/c1-8(15)14(4-5-14)10-6-9(13(17)19-3)11(16)7-12(10)18-2/h6-8,16H,4-5,15H2,1-3H3. The quantitative estimate of drug-likeness (QED) is 0.807. The second-order valence-corrected chi connectivity index (χ2v) is 5.01. The van der Waals surface area contributed by atoms with E-state index in [-0.39, 0.29) is 22.8 Å². The van der Waals surface area contributed by atoms with Crippen LogP contribution in [0.2, 0.25) is 0 Å². The number of aromatic hydroxyl groups is 1. The first-order valence-electron chi connectivity index (χ1n) is 6.21. The number of phenolic OH excluding ortho intramolecular Hbond substituents is 1. The number of methoxy groups -OCH3 is 2. The van der Waals surface area contributed by atoms with E-state index in [1.807, 2.05) is 6.92 Å². The minimum atomic E-state index is -0.568. The summed E-state index contributed by atoms with van der Waals surface area (Å²) in [5, 5.41) is 9.86. The van der Waals surface area contributed by atoms with Gasteiger partial charge in [-0.25, -0.2) is 4.79 Å². The lowest BCUT2D eigenvalue weighted by molar-refractivity contribution is 0.0597. The third kappa shape index (κ3) is 2.14. The normalized spacial score (nSPS) is 17.7. The molecule has 2 rings (SSSR count). The number of nitrogens with two attached hydrogens (primary N) is 1. The van der Waals surface area contributed by atoms with Gasteiger partial charge in [0.25, 0.3) is 0 Å². The van der Waals surface area contributed by atoms with Crippen LogP contribution in [0.1, 0.15) is 35.7 Å². The van der Waals surface area contributed by atoms with Crippen LogP contribution in [0.4, 0.5) is 0 Å². The number of phenols is 1. The Kier molecular flexibility index (Phi) is 3.41. The lowest BCUT2D eigenvalue weighted by Gasteiger charge is -2.23. The molecule has 1 unspecified atom stereocenters. The van der Waals surface area contributed by atoms with Crippen molar-refractivity contribution in [3.63, 3.8) is 0 Å². The summed E-state index contributed by atoms with van der Waals surface area (Å²) in [7, 11) is 2.82. The highest BCUT2D eigenvalue weighted by Gasteiger charge is 2.49. The Hall–Kier alpha value is -1.75. The summed E-state index contributed by atoms with van der Waals surface area (Å²) in [6.45, 7) is 1.94. The predicted molar refractivity (Wildman–Crippen MR) is 70.6 cm³/mol. The number of benzene rings is 1. The van der Waals surface area contributed by atoms with Gasteiger partial charge in [0.1, 0.15) is 17.1 Å². The molecule has 1 atom stereocenters. The van der Waals surface area contributed by atoms with E-state index in [0.717, 1.165) is 18.4 Å². The molecule has 5 heteroatoms. The van der Waals surface area contributed by atoms with Crippen LogP contribution in [0, 0.1) is 0 Å². The first-order valence-corrected chi connectivity index (χ1v) is 6.21. The van der Waals surface area contributed by atoms with Crippen LogP contribution in [-0.2, 0) is 10.2 Å². The first kappa shape index (κ1) is 13.7. The number of hydrogen-bond donors (Lipinski definition) is 2. The van der Waals surface area contributed by atoms with Crippen molar-refractivity contribution in [3.8, 4) is 11.5 Å². The number of ether oxygens (including phenoxy) is 2. The zero-order chi connectivity index (χ0) is 14.2. The molecule has 19 heavy (non-hydrogen) atoms. The number of carbonyl (C=O) groups is 1. The molecule has 0 aliphatic heterocycles. The first-order chi connectivity index (χ1) is 8.96. The Morgan fingerprint density at radius 2 is 2.05 bits per heavy atom. The van der Waals surface area contributed by atoms with E-state index in [1.54, 1.807) is 6.07 Å². The molecule has 1 aliphatic rings. The fourth-order valence-corrected chi connectivity index (χ4v) is 2.51. The van der Waals surface area contributed by atoms with Gasteiger partial charge >= 0.3 is 5.97 Å². The highest BCUT2D eigenvalue weighted by molar-refractivity contribution is 5.93. The second kappa shape index (κ2) is 4.74. The van der Waals surface area contributed by atoms with Crippen LogP contribution >= 0.6 is 0 Å². The van der Waals surface area contributed by atoms with Crippen LogP contribution in [0.15, 0.2) is 12.1 Å². The van der Waals surface area contributed by atoms with Crippen molar-refractivity contribution in [2.75, 3.05) is 14.2 Å². The van der Waals surface area contributed by atoms with E-state index in [1.165, 1.54) is 20.3 Å². The molecular formula is C14H19NO4. The van der Waals surface area contributed by atoms with Gasteiger partial charge in [-0.05, 0) is 25.8 Å². The molecule has 0 aromatic heterocycles. The lowest BCUT2D eigenvalue weighted by atomic mass is 9.87. The van der Waals surface area contributed by atoms with E-state index in [9.17, 15) is 9.90 Å². The Morgan fingerprint density at radius 1 is 1.42 bits per heavy atom. The maximum atomic E-state index is 11.6. The maximum absolute atomic E-state index is 11.6. The monoisotopic (exact) mass is 265 g/mol. The van der Waals surface area contributed by atoms with Crippen LogP contribution in [-0.4, -0.2) is 31.3 Å². The predicted octanol–water partition coefficient (Wildman–Crippen LogP) is 1.57. The molecule has 3 N–H and O–H groups in total. The molecule has 0 heterocycles. The van der Waals surface area contributed by atoms with Gasteiger partial charge in [0, 0.05) is 23.1 Å². The zero-order valence-electron chi connectivity index (χ0n) is 11.4. The number of carbonyl (C=O) groups excluding carboxylic acids is 1. The van der Waals surface area contributed by atoms with Gasteiger partial charge < -0.3 is 20.3 Å². The average molecular weight is 265 g/mol. The second-order valence-electron chi connectivity index (χ2n) is 5.01. The lowest BCUT2D eigenvalue weighted by Crippen LogP contribution is -2.32. The Morgan fingerprint density at radius 3 is 2.47 bits per heavy atom. The average Bonchev–Trinajstić information content (AvgIpc) is 3.18. The fourth-order valence-electron chi connectivity index (χ4n) is 2.51. The molecule has 5 nitrogen and oxygen atoms in total. The summed E-state index contributed by atoms with van der Waals surface area (Å²) in [5.41, 5.74) is 6.89. The van der Waals surface area contributed by atoms with Gasteiger partial charge in [-0.15, -0.1) is 0 Å². The smallest absolute Gasteiger partial charge is 0.341 e. The summed E-state index contributed by atoms with van der Waals surface area (Å²) < 4.78 is 9.97. The topological polar surface area (TPSA) is 81.8 Å². The molecule has 0 saturated heterocycles. The fraction of sp³-hybridized carbons (Fsp3) is 0.500. The maximum Gasteiger partial charge on any atom is 0.341 e. The van der Waals surface area contributed by atoms with E-state index < -0.39 is 5.97 Å². The molecule has 1 aromatic rings. The highest BCUT2D eigenvalue weighted by atomic mass is 16.5. The van der Waals surface area contributed by atoms with Crippen LogP contribution in [0.5, 0.6) is 11.5 Å². The van der Waals surface area contributed by atoms with Crippen molar-refractivity contribution in [2.24, 2.45) is 5.73 Å². The number of esters is 1. The van der Waals surface area contributed by atoms with Crippen molar-refractivity contribution in [1.82, 2.24) is 0 Å². The summed E-state index contributed by atoms with van der Waals surface area (Å²) in [6.07, 6.45) is 1.90. The number of hydrogen-bond acceptors (Lipinski definition) is 5. The van der Waals surface area contributed by atoms with Crippen LogP contribution in [0.25, 0.3) is 0 Å². The summed E-state index contributed by atoms with van der Waals surface area (Å²) in [4.78, 5) is 11.6. The van der Waals surface area contributed by atoms with Crippen LogP contribution < -0.4 is 10.5 Å². The molecule has 0 radical (unpaired) electrons. The zero-order valence-corrected chi connectivity index (χ0v) is 11.4. The van der Waals surface area contributed by atoms with Gasteiger partial charge in [0.05, 0.1) is 14.2 Å². The molecule has 0 amide bonds. The molecule has 1 fully saturated rings. The molecule has 1 aromatic carbocycles. The van der Waals surface area contributed by atoms with E-state index >= 15 is 0 Å². The largest absolute Gasteiger partial charge is 0.507 e. The molecule has 0 bridgehead atoms. The van der Waals surface area contributed by atoms with Gasteiger partial charge in [0.2, 0.25) is 0 Å². The van der Waals surface area contributed by atoms with Crippen molar-refractivity contribution < 1.29 is 19.4 Å². The van der Waals surface area contributed by atoms with E-state index in [2.05, 4.69) is 4.74 Å². The molecule has 104 valence electrons. The van der Waals surface area contributed by atoms with E-state index in [0.29, 0.717) is 5.75 Å². The third-order valence-corrected chi connectivity index (χ3v) is 3.92. The SMILES string of the molecule is COC(=O)c1cc(C2(C(C)N)CC2)c(OC)cc1O.